The molecule has 1 atom stereocenters. The molecule has 6 nitrogen and oxygen atoms in total. The van der Waals surface area contributed by atoms with Crippen molar-refractivity contribution in [3.63, 3.8) is 0 Å². The Morgan fingerprint density at radius 1 is 1.26 bits per heavy atom. The number of halogens is 1. The number of aliphatic imine (C=N–C) groups is 1. The maximum Gasteiger partial charge on any atom is 0.242 e. The van der Waals surface area contributed by atoms with Gasteiger partial charge >= 0.3 is 0 Å². The molecular weight excluding hydrogens is 434 g/mol. The van der Waals surface area contributed by atoms with Gasteiger partial charge < -0.3 is 10.1 Å². The van der Waals surface area contributed by atoms with Crippen LogP contribution in [0.2, 0.25) is 5.02 Å². The van der Waals surface area contributed by atoms with Crippen LogP contribution >= 0.6 is 23.4 Å². The van der Waals surface area contributed by atoms with Gasteiger partial charge in [0.2, 0.25) is 11.8 Å². The van der Waals surface area contributed by atoms with E-state index in [2.05, 4.69) is 16.9 Å². The van der Waals surface area contributed by atoms with Crippen LogP contribution < -0.4 is 10.1 Å². The van der Waals surface area contributed by atoms with Crippen molar-refractivity contribution in [1.29, 1.82) is 0 Å². The molecule has 1 N–H and O–H groups in total. The molecule has 1 heterocycles. The van der Waals surface area contributed by atoms with Crippen molar-refractivity contribution in [3.05, 3.63) is 66.2 Å². The lowest BCUT2D eigenvalue weighted by Crippen LogP contribution is -2.33. The number of hydrogen-bond acceptors (Lipinski definition) is 5. The summed E-state index contributed by atoms with van der Waals surface area (Å²) >= 11 is 7.21. The number of carbonyl (C=O) groups excluding carboxylic acids is 2. The minimum absolute atomic E-state index is 0.0465. The van der Waals surface area contributed by atoms with E-state index in [-0.39, 0.29) is 18.2 Å². The van der Waals surface area contributed by atoms with Gasteiger partial charge in [-0.3, -0.25) is 14.5 Å². The van der Waals surface area contributed by atoms with E-state index in [1.165, 1.54) is 11.8 Å². The van der Waals surface area contributed by atoms with Crippen LogP contribution in [0, 0.1) is 0 Å². The SMILES string of the molecule is C=CCN1C(=O)C(CC(=O)Nc2ccc(OCCC)cc2)SC1=Nc1ccc(Cl)cc1. The zero-order valence-corrected chi connectivity index (χ0v) is 18.8. The van der Waals surface area contributed by atoms with E-state index in [0.717, 1.165) is 12.2 Å². The second-order valence-electron chi connectivity index (χ2n) is 6.84. The van der Waals surface area contributed by atoms with Gasteiger partial charge in [0.25, 0.3) is 0 Å². The third kappa shape index (κ3) is 6.35. The molecule has 0 spiro atoms. The first-order valence-corrected chi connectivity index (χ1v) is 11.2. The van der Waals surface area contributed by atoms with E-state index in [1.54, 1.807) is 47.4 Å². The van der Waals surface area contributed by atoms with Gasteiger partial charge in [0.15, 0.2) is 5.17 Å². The predicted molar refractivity (Wildman–Crippen MR) is 127 cm³/mol. The summed E-state index contributed by atoms with van der Waals surface area (Å²) in [5.41, 5.74) is 1.34. The highest BCUT2D eigenvalue weighted by molar-refractivity contribution is 8.15. The lowest BCUT2D eigenvalue weighted by Gasteiger charge is -2.14. The van der Waals surface area contributed by atoms with Crippen LogP contribution in [0.4, 0.5) is 11.4 Å². The first-order chi connectivity index (χ1) is 15.0. The fraction of sp³-hybridized carbons (Fsp3) is 0.261. The van der Waals surface area contributed by atoms with Gasteiger partial charge in [-0.2, -0.15) is 0 Å². The highest BCUT2D eigenvalue weighted by Crippen LogP contribution is 2.32. The van der Waals surface area contributed by atoms with Crippen LogP contribution in [0.3, 0.4) is 0 Å². The molecule has 2 amide bonds. The van der Waals surface area contributed by atoms with Crippen molar-refractivity contribution in [2.75, 3.05) is 18.5 Å². The average Bonchev–Trinajstić information content (AvgIpc) is 3.04. The van der Waals surface area contributed by atoms with Gasteiger partial charge in [0.1, 0.15) is 11.0 Å². The quantitative estimate of drug-likeness (QED) is 0.520. The number of thioether (sulfide) groups is 1. The Balaban J connectivity index is 1.65. The van der Waals surface area contributed by atoms with Crippen molar-refractivity contribution >= 4 is 51.7 Å². The topological polar surface area (TPSA) is 71.0 Å². The van der Waals surface area contributed by atoms with Crippen LogP contribution in [0.1, 0.15) is 19.8 Å². The molecule has 0 aliphatic carbocycles. The summed E-state index contributed by atoms with van der Waals surface area (Å²) in [4.78, 5) is 31.5. The van der Waals surface area contributed by atoms with Crippen molar-refractivity contribution < 1.29 is 14.3 Å². The molecule has 1 aliphatic heterocycles. The van der Waals surface area contributed by atoms with Crippen molar-refractivity contribution in [2.24, 2.45) is 4.99 Å². The van der Waals surface area contributed by atoms with E-state index in [0.29, 0.717) is 34.7 Å². The number of ether oxygens (including phenoxy) is 1. The molecule has 2 aromatic carbocycles. The predicted octanol–water partition coefficient (Wildman–Crippen LogP) is 5.28. The molecule has 2 aromatic rings. The van der Waals surface area contributed by atoms with Crippen LogP contribution in [-0.4, -0.2) is 40.3 Å². The van der Waals surface area contributed by atoms with Crippen molar-refractivity contribution in [3.8, 4) is 5.75 Å². The summed E-state index contributed by atoms with van der Waals surface area (Å²) in [5, 5.41) is 3.45. The smallest absolute Gasteiger partial charge is 0.242 e. The van der Waals surface area contributed by atoms with Crippen molar-refractivity contribution in [1.82, 2.24) is 4.90 Å². The number of amides is 2. The Bertz CT molecular complexity index is 961. The van der Waals surface area contributed by atoms with E-state index in [1.807, 2.05) is 19.1 Å². The Morgan fingerprint density at radius 3 is 2.61 bits per heavy atom. The molecule has 0 saturated carbocycles. The van der Waals surface area contributed by atoms with E-state index in [9.17, 15) is 9.59 Å². The maximum absolute atomic E-state index is 12.8. The first-order valence-electron chi connectivity index (χ1n) is 9.96. The minimum atomic E-state index is -0.543. The molecule has 1 saturated heterocycles. The molecule has 0 bridgehead atoms. The summed E-state index contributed by atoms with van der Waals surface area (Å²) in [6.07, 6.45) is 2.61. The number of hydrogen-bond donors (Lipinski definition) is 1. The Hall–Kier alpha value is -2.77. The average molecular weight is 458 g/mol. The highest BCUT2D eigenvalue weighted by atomic mass is 35.5. The maximum atomic E-state index is 12.8. The Morgan fingerprint density at radius 2 is 1.97 bits per heavy atom. The summed E-state index contributed by atoms with van der Waals surface area (Å²) in [6.45, 7) is 6.73. The molecule has 8 heteroatoms. The number of amidine groups is 1. The van der Waals surface area contributed by atoms with Gasteiger partial charge in [-0.15, -0.1) is 6.58 Å². The van der Waals surface area contributed by atoms with Gasteiger partial charge in [-0.25, -0.2) is 4.99 Å². The number of carbonyl (C=O) groups is 2. The lowest BCUT2D eigenvalue weighted by molar-refractivity contribution is -0.127. The van der Waals surface area contributed by atoms with E-state index >= 15 is 0 Å². The summed E-state index contributed by atoms with van der Waals surface area (Å²) in [6, 6.07) is 14.2. The Labute approximate surface area is 191 Å². The summed E-state index contributed by atoms with van der Waals surface area (Å²) in [7, 11) is 0. The highest BCUT2D eigenvalue weighted by Gasteiger charge is 2.38. The standard InChI is InChI=1S/C23H24ClN3O3S/c1-3-13-27-22(29)20(31-23(27)26-18-7-5-16(24)6-8-18)15-21(28)25-17-9-11-19(12-10-17)30-14-4-2/h3,5-12,20H,1,4,13-15H2,2H3,(H,25,28). The lowest BCUT2D eigenvalue weighted by atomic mass is 10.2. The molecule has 1 unspecified atom stereocenters. The third-order valence-corrected chi connectivity index (χ3v) is 5.79. The van der Waals surface area contributed by atoms with Crippen molar-refractivity contribution in [2.45, 2.75) is 25.0 Å². The summed E-state index contributed by atoms with van der Waals surface area (Å²) < 4.78 is 5.54. The molecular formula is C23H24ClN3O3S. The summed E-state index contributed by atoms with van der Waals surface area (Å²) in [5.74, 6) is 0.361. The second kappa shape index (κ2) is 11.0. The van der Waals surface area contributed by atoms with Gasteiger partial charge in [0.05, 0.1) is 12.3 Å². The second-order valence-corrected chi connectivity index (χ2v) is 8.45. The van der Waals surface area contributed by atoms with Gasteiger partial charge in [-0.05, 0) is 55.0 Å². The molecule has 162 valence electrons. The van der Waals surface area contributed by atoms with Crippen LogP contribution in [-0.2, 0) is 9.59 Å². The third-order valence-electron chi connectivity index (χ3n) is 4.36. The Kier molecular flexibility index (Phi) is 8.14. The van der Waals surface area contributed by atoms with Crippen LogP contribution in [0.5, 0.6) is 5.75 Å². The fourth-order valence-corrected chi connectivity index (χ4v) is 4.18. The minimum Gasteiger partial charge on any atom is -0.494 e. The molecule has 1 aliphatic rings. The molecule has 0 radical (unpaired) electrons. The van der Waals surface area contributed by atoms with E-state index in [4.69, 9.17) is 16.3 Å². The van der Waals surface area contributed by atoms with Gasteiger partial charge in [-0.1, -0.05) is 36.4 Å². The van der Waals surface area contributed by atoms with Gasteiger partial charge in [0, 0.05) is 23.7 Å². The monoisotopic (exact) mass is 457 g/mol. The molecule has 3 rings (SSSR count). The number of nitrogens with one attached hydrogen (secondary N) is 1. The van der Waals surface area contributed by atoms with E-state index < -0.39 is 5.25 Å². The molecule has 0 aromatic heterocycles. The first kappa shape index (κ1) is 22.9. The number of rotatable bonds is 9. The molecule has 1 fully saturated rings. The zero-order valence-electron chi connectivity index (χ0n) is 17.2. The zero-order chi connectivity index (χ0) is 22.2. The number of benzene rings is 2. The van der Waals surface area contributed by atoms with Crippen LogP contribution in [0.15, 0.2) is 66.2 Å². The largest absolute Gasteiger partial charge is 0.494 e. The fourth-order valence-electron chi connectivity index (χ4n) is 2.88. The number of anilines is 1. The molecule has 31 heavy (non-hydrogen) atoms. The van der Waals surface area contributed by atoms with Crippen LogP contribution in [0.25, 0.3) is 0 Å². The normalized spacial score (nSPS) is 17.1. The number of nitrogens with zero attached hydrogens (tertiary/aromatic N) is 2.